The van der Waals surface area contributed by atoms with Gasteiger partial charge >= 0.3 is 5.97 Å². The van der Waals surface area contributed by atoms with Crippen LogP contribution in [0.1, 0.15) is 15.2 Å². The number of anilines is 1. The zero-order valence-electron chi connectivity index (χ0n) is 10.2. The molecule has 2 aromatic rings. The highest BCUT2D eigenvalue weighted by Gasteiger charge is 2.17. The third-order valence-corrected chi connectivity index (χ3v) is 3.77. The molecule has 1 heterocycles. The standard InChI is InChI=1S/C12H9ClF2N2O2S/c1-19-11(18)9-10(13)17-12(20-9)16-5-6-4-7(14)2-3-8(6)15/h2-4H,5H2,1H3,(H,16,17). The summed E-state index contributed by atoms with van der Waals surface area (Å²) in [7, 11) is 1.23. The molecule has 0 spiro atoms. The number of thiazole rings is 1. The summed E-state index contributed by atoms with van der Waals surface area (Å²) in [5.74, 6) is -1.66. The van der Waals surface area contributed by atoms with E-state index in [-0.39, 0.29) is 22.1 Å². The Morgan fingerprint density at radius 3 is 2.95 bits per heavy atom. The van der Waals surface area contributed by atoms with Crippen LogP contribution in [0.5, 0.6) is 0 Å². The van der Waals surface area contributed by atoms with E-state index in [9.17, 15) is 13.6 Å². The number of carbonyl (C=O) groups is 1. The van der Waals surface area contributed by atoms with Crippen LogP contribution in [0.25, 0.3) is 0 Å². The molecule has 2 rings (SSSR count). The molecule has 20 heavy (non-hydrogen) atoms. The fourth-order valence-corrected chi connectivity index (χ4v) is 2.54. The molecule has 106 valence electrons. The van der Waals surface area contributed by atoms with E-state index in [1.54, 1.807) is 0 Å². The number of rotatable bonds is 4. The van der Waals surface area contributed by atoms with Gasteiger partial charge in [0.05, 0.1) is 7.11 Å². The molecule has 1 N–H and O–H groups in total. The number of nitrogens with zero attached hydrogens (tertiary/aromatic N) is 1. The van der Waals surface area contributed by atoms with Crippen LogP contribution in [0.2, 0.25) is 5.15 Å². The largest absolute Gasteiger partial charge is 0.465 e. The van der Waals surface area contributed by atoms with Crippen LogP contribution in [0.15, 0.2) is 18.2 Å². The van der Waals surface area contributed by atoms with Crippen LogP contribution >= 0.6 is 22.9 Å². The van der Waals surface area contributed by atoms with Crippen molar-refractivity contribution in [2.45, 2.75) is 6.54 Å². The second kappa shape index (κ2) is 6.15. The molecule has 0 unspecified atom stereocenters. The summed E-state index contributed by atoms with van der Waals surface area (Å²) < 4.78 is 31.0. The van der Waals surface area contributed by atoms with Crippen molar-refractivity contribution in [3.8, 4) is 0 Å². The minimum absolute atomic E-state index is 0.00376. The number of hydrogen-bond acceptors (Lipinski definition) is 5. The summed E-state index contributed by atoms with van der Waals surface area (Å²) in [6.07, 6.45) is 0. The van der Waals surface area contributed by atoms with Gasteiger partial charge in [-0.15, -0.1) is 0 Å². The number of methoxy groups -OCH3 is 1. The molecule has 0 saturated carbocycles. The van der Waals surface area contributed by atoms with E-state index in [1.165, 1.54) is 7.11 Å². The number of halogens is 3. The van der Waals surface area contributed by atoms with E-state index in [4.69, 9.17) is 11.6 Å². The van der Waals surface area contributed by atoms with Gasteiger partial charge < -0.3 is 10.1 Å². The summed E-state index contributed by atoms with van der Waals surface area (Å²) in [6.45, 7) is 0.0219. The quantitative estimate of drug-likeness (QED) is 0.877. The Morgan fingerprint density at radius 2 is 2.25 bits per heavy atom. The molecule has 1 aromatic heterocycles. The summed E-state index contributed by atoms with van der Waals surface area (Å²) in [6, 6.07) is 3.16. The normalized spacial score (nSPS) is 10.4. The molecule has 0 fully saturated rings. The first-order valence-electron chi connectivity index (χ1n) is 5.43. The Kier molecular flexibility index (Phi) is 4.51. The summed E-state index contributed by atoms with van der Waals surface area (Å²) in [5.41, 5.74) is 0.149. The van der Waals surface area contributed by atoms with Crippen molar-refractivity contribution in [1.82, 2.24) is 4.98 Å². The van der Waals surface area contributed by atoms with Gasteiger partial charge in [0.15, 0.2) is 15.2 Å². The number of nitrogens with one attached hydrogen (secondary N) is 1. The lowest BCUT2D eigenvalue weighted by Crippen LogP contribution is -2.02. The molecule has 0 aliphatic heterocycles. The third kappa shape index (κ3) is 3.23. The summed E-state index contributed by atoms with van der Waals surface area (Å²) >= 11 is 6.76. The van der Waals surface area contributed by atoms with Crippen molar-refractivity contribution in [2.75, 3.05) is 12.4 Å². The predicted octanol–water partition coefficient (Wildman–Crippen LogP) is 3.47. The number of esters is 1. The number of ether oxygens (including phenoxy) is 1. The SMILES string of the molecule is COC(=O)c1sc(NCc2cc(F)ccc2F)nc1Cl. The van der Waals surface area contributed by atoms with Gasteiger partial charge in [-0.25, -0.2) is 18.6 Å². The second-order valence-corrected chi connectivity index (χ2v) is 5.08. The maximum Gasteiger partial charge on any atom is 0.351 e. The average molecular weight is 319 g/mol. The van der Waals surface area contributed by atoms with Gasteiger partial charge in [0.1, 0.15) is 11.6 Å². The Hall–Kier alpha value is -1.73. The van der Waals surface area contributed by atoms with Crippen molar-refractivity contribution in [1.29, 1.82) is 0 Å². The van der Waals surface area contributed by atoms with Gasteiger partial charge in [0.2, 0.25) is 0 Å². The van der Waals surface area contributed by atoms with Crippen molar-refractivity contribution in [3.63, 3.8) is 0 Å². The van der Waals surface area contributed by atoms with E-state index in [1.807, 2.05) is 0 Å². The molecule has 0 radical (unpaired) electrons. The topological polar surface area (TPSA) is 51.2 Å². The smallest absolute Gasteiger partial charge is 0.351 e. The van der Waals surface area contributed by atoms with Crippen molar-refractivity contribution < 1.29 is 18.3 Å². The molecule has 0 saturated heterocycles. The number of aromatic nitrogens is 1. The van der Waals surface area contributed by atoms with Crippen LogP contribution in [0.4, 0.5) is 13.9 Å². The highest BCUT2D eigenvalue weighted by Crippen LogP contribution is 2.28. The maximum atomic E-state index is 13.4. The van der Waals surface area contributed by atoms with Gasteiger partial charge in [0.25, 0.3) is 0 Å². The first-order chi connectivity index (χ1) is 9.51. The van der Waals surface area contributed by atoms with E-state index < -0.39 is 17.6 Å². The number of benzene rings is 1. The number of hydrogen-bond donors (Lipinski definition) is 1. The molecule has 0 aliphatic carbocycles. The monoisotopic (exact) mass is 318 g/mol. The lowest BCUT2D eigenvalue weighted by Gasteiger charge is -2.04. The lowest BCUT2D eigenvalue weighted by atomic mass is 10.2. The lowest BCUT2D eigenvalue weighted by molar-refractivity contribution is 0.0606. The molecular formula is C12H9ClF2N2O2S. The van der Waals surface area contributed by atoms with Crippen LogP contribution in [-0.2, 0) is 11.3 Å². The molecule has 1 aromatic carbocycles. The minimum atomic E-state index is -0.600. The zero-order valence-corrected chi connectivity index (χ0v) is 11.8. The van der Waals surface area contributed by atoms with Gasteiger partial charge in [-0.2, -0.15) is 0 Å². The highest BCUT2D eigenvalue weighted by molar-refractivity contribution is 7.18. The van der Waals surface area contributed by atoms with E-state index in [0.29, 0.717) is 5.13 Å². The molecule has 0 aliphatic rings. The second-order valence-electron chi connectivity index (χ2n) is 3.72. The van der Waals surface area contributed by atoms with Crippen LogP contribution < -0.4 is 5.32 Å². The van der Waals surface area contributed by atoms with E-state index >= 15 is 0 Å². The highest BCUT2D eigenvalue weighted by atomic mass is 35.5. The Balaban J connectivity index is 2.11. The minimum Gasteiger partial charge on any atom is -0.465 e. The van der Waals surface area contributed by atoms with Gasteiger partial charge in [-0.1, -0.05) is 22.9 Å². The third-order valence-electron chi connectivity index (χ3n) is 2.39. The first-order valence-corrected chi connectivity index (χ1v) is 6.63. The van der Waals surface area contributed by atoms with Gasteiger partial charge in [0, 0.05) is 12.1 Å². The van der Waals surface area contributed by atoms with Gasteiger partial charge in [-0.05, 0) is 18.2 Å². The molecule has 0 atom stereocenters. The summed E-state index contributed by atoms with van der Waals surface area (Å²) in [5, 5.41) is 3.10. The van der Waals surface area contributed by atoms with Gasteiger partial charge in [-0.3, -0.25) is 0 Å². The molecule has 8 heteroatoms. The Morgan fingerprint density at radius 1 is 1.50 bits per heavy atom. The number of carbonyl (C=O) groups excluding carboxylic acids is 1. The summed E-state index contributed by atoms with van der Waals surface area (Å²) in [4.78, 5) is 15.4. The van der Waals surface area contributed by atoms with E-state index in [0.717, 1.165) is 29.5 Å². The van der Waals surface area contributed by atoms with Crippen molar-refractivity contribution in [2.24, 2.45) is 0 Å². The zero-order chi connectivity index (χ0) is 14.7. The fraction of sp³-hybridized carbons (Fsp3) is 0.167. The molecular weight excluding hydrogens is 310 g/mol. The van der Waals surface area contributed by atoms with Crippen LogP contribution in [0.3, 0.4) is 0 Å². The van der Waals surface area contributed by atoms with Crippen LogP contribution in [-0.4, -0.2) is 18.1 Å². The maximum absolute atomic E-state index is 13.4. The fourth-order valence-electron chi connectivity index (χ4n) is 1.45. The first kappa shape index (κ1) is 14.7. The Labute approximate surface area is 122 Å². The van der Waals surface area contributed by atoms with Crippen LogP contribution in [0, 0.1) is 11.6 Å². The average Bonchev–Trinajstić information content (AvgIpc) is 2.80. The Bertz CT molecular complexity index is 648. The van der Waals surface area contributed by atoms with E-state index in [2.05, 4.69) is 15.0 Å². The molecule has 0 amide bonds. The molecule has 4 nitrogen and oxygen atoms in total. The van der Waals surface area contributed by atoms with Crippen molar-refractivity contribution >= 4 is 34.0 Å². The van der Waals surface area contributed by atoms with Crippen molar-refractivity contribution in [3.05, 3.63) is 45.4 Å². The molecule has 0 bridgehead atoms. The predicted molar refractivity (Wildman–Crippen MR) is 72.1 cm³/mol.